The Hall–Kier alpha value is -3.35. The number of hydrogen-bond acceptors (Lipinski definition) is 2. The van der Waals surface area contributed by atoms with Gasteiger partial charge in [-0.3, -0.25) is 4.90 Å². The molecule has 3 aromatic carbocycles. The summed E-state index contributed by atoms with van der Waals surface area (Å²) in [5, 5.41) is 9.88. The maximum absolute atomic E-state index is 13.9. The standard InChI is InChI=1S/C32H29ClF3NO2/c33-29-18-25(34)9-11-27(29)28-3-1-2-23-17-24(32(38)39)8-10-26(23)31(28)22-6-4-20(5-7-22)16-21-12-14-37(19-21)15-13-30(35)36/h4-11,16-18,30H,1-3,12-15,19H2,(H,38,39)/b21-16-. The van der Waals surface area contributed by atoms with Crippen LogP contribution in [0.2, 0.25) is 5.02 Å². The Kier molecular flexibility index (Phi) is 8.24. The molecule has 0 saturated carbocycles. The number of carboxylic acid groups (broad SMARTS) is 1. The quantitative estimate of drug-likeness (QED) is 0.321. The maximum Gasteiger partial charge on any atom is 0.335 e. The van der Waals surface area contributed by atoms with Gasteiger partial charge < -0.3 is 5.11 Å². The summed E-state index contributed by atoms with van der Waals surface area (Å²) in [7, 11) is 0. The summed E-state index contributed by atoms with van der Waals surface area (Å²) in [6, 6.07) is 17.8. The summed E-state index contributed by atoms with van der Waals surface area (Å²) in [6.45, 7) is 1.90. The second kappa shape index (κ2) is 11.8. The summed E-state index contributed by atoms with van der Waals surface area (Å²) < 4.78 is 39.0. The van der Waals surface area contributed by atoms with Crippen LogP contribution >= 0.6 is 11.6 Å². The molecule has 1 aliphatic carbocycles. The highest BCUT2D eigenvalue weighted by Gasteiger charge is 2.23. The van der Waals surface area contributed by atoms with Crippen molar-refractivity contribution in [2.75, 3.05) is 19.6 Å². The summed E-state index contributed by atoms with van der Waals surface area (Å²) in [6.07, 6.45) is 2.83. The van der Waals surface area contributed by atoms with Gasteiger partial charge in [0.05, 0.1) is 10.6 Å². The van der Waals surface area contributed by atoms with Crippen LogP contribution in [0.3, 0.4) is 0 Å². The number of alkyl halides is 2. The molecule has 0 unspecified atom stereocenters. The van der Waals surface area contributed by atoms with E-state index in [1.165, 1.54) is 17.7 Å². The van der Waals surface area contributed by atoms with Crippen molar-refractivity contribution < 1.29 is 23.1 Å². The van der Waals surface area contributed by atoms with Crippen molar-refractivity contribution >= 4 is 34.8 Å². The Morgan fingerprint density at radius 1 is 1.00 bits per heavy atom. The largest absolute Gasteiger partial charge is 0.478 e. The molecule has 5 rings (SSSR count). The lowest BCUT2D eigenvalue weighted by atomic mass is 9.87. The zero-order valence-corrected chi connectivity index (χ0v) is 22.2. The molecular formula is C32H29ClF3NO2. The highest BCUT2D eigenvalue weighted by Crippen LogP contribution is 2.42. The van der Waals surface area contributed by atoms with Crippen molar-refractivity contribution in [3.8, 4) is 0 Å². The molecular weight excluding hydrogens is 523 g/mol. The van der Waals surface area contributed by atoms with Crippen LogP contribution in [-0.4, -0.2) is 42.0 Å². The molecule has 0 radical (unpaired) electrons. The molecule has 7 heteroatoms. The predicted molar refractivity (Wildman–Crippen MR) is 150 cm³/mol. The Morgan fingerprint density at radius 2 is 1.77 bits per heavy atom. The molecule has 1 heterocycles. The van der Waals surface area contributed by atoms with Crippen molar-refractivity contribution in [2.24, 2.45) is 0 Å². The van der Waals surface area contributed by atoms with Gasteiger partial charge in [-0.1, -0.05) is 59.6 Å². The predicted octanol–water partition coefficient (Wildman–Crippen LogP) is 8.22. The van der Waals surface area contributed by atoms with Crippen molar-refractivity contribution in [2.45, 2.75) is 38.5 Å². The number of halogens is 4. The summed E-state index contributed by atoms with van der Waals surface area (Å²) in [5.41, 5.74) is 8.09. The van der Waals surface area contributed by atoms with E-state index < -0.39 is 18.2 Å². The lowest BCUT2D eigenvalue weighted by Gasteiger charge is -2.18. The Labute approximate surface area is 231 Å². The van der Waals surface area contributed by atoms with E-state index in [9.17, 15) is 23.1 Å². The number of carboxylic acids is 1. The summed E-state index contributed by atoms with van der Waals surface area (Å²) in [4.78, 5) is 13.7. The molecule has 0 amide bonds. The average Bonchev–Trinajstić information content (AvgIpc) is 3.26. The number of benzene rings is 3. The normalized spacial score (nSPS) is 17.1. The van der Waals surface area contributed by atoms with Crippen LogP contribution in [0.15, 0.2) is 66.2 Å². The molecule has 0 bridgehead atoms. The van der Waals surface area contributed by atoms with Gasteiger partial charge in [-0.15, -0.1) is 0 Å². The monoisotopic (exact) mass is 551 g/mol. The Morgan fingerprint density at radius 3 is 2.49 bits per heavy atom. The fraction of sp³-hybridized carbons (Fsp3) is 0.281. The number of rotatable bonds is 7. The molecule has 1 aliphatic heterocycles. The average molecular weight is 552 g/mol. The molecule has 3 aromatic rings. The van der Waals surface area contributed by atoms with Crippen LogP contribution in [0.1, 0.15) is 63.9 Å². The van der Waals surface area contributed by atoms with Gasteiger partial charge in [-0.25, -0.2) is 18.0 Å². The number of fused-ring (bicyclic) bond motifs is 1. The van der Waals surface area contributed by atoms with E-state index in [2.05, 4.69) is 11.0 Å². The van der Waals surface area contributed by atoms with E-state index in [0.717, 1.165) is 58.3 Å². The van der Waals surface area contributed by atoms with Crippen molar-refractivity contribution in [1.29, 1.82) is 0 Å². The minimum atomic E-state index is -2.28. The number of aromatic carboxylic acids is 1. The van der Waals surface area contributed by atoms with Gasteiger partial charge in [0.1, 0.15) is 5.82 Å². The van der Waals surface area contributed by atoms with Crippen LogP contribution in [-0.2, 0) is 6.42 Å². The molecule has 1 N–H and O–H groups in total. The van der Waals surface area contributed by atoms with Crippen LogP contribution in [0.25, 0.3) is 17.2 Å². The minimum Gasteiger partial charge on any atom is -0.478 e. The zero-order valence-electron chi connectivity index (χ0n) is 21.4. The Bertz CT molecular complexity index is 1450. The van der Waals surface area contributed by atoms with E-state index in [-0.39, 0.29) is 12.0 Å². The number of nitrogens with zero attached hydrogens (tertiary/aromatic N) is 1. The number of allylic oxidation sites excluding steroid dienone is 1. The van der Waals surface area contributed by atoms with Crippen molar-refractivity contribution in [3.05, 3.63) is 110 Å². The first-order valence-electron chi connectivity index (χ1n) is 13.1. The van der Waals surface area contributed by atoms with Gasteiger partial charge in [0.2, 0.25) is 6.43 Å². The molecule has 202 valence electrons. The smallest absolute Gasteiger partial charge is 0.335 e. The molecule has 0 atom stereocenters. The fourth-order valence-corrected chi connectivity index (χ4v) is 5.85. The highest BCUT2D eigenvalue weighted by molar-refractivity contribution is 6.32. The SMILES string of the molecule is O=C(O)c1ccc2c(c1)CCCC(c1ccc(F)cc1Cl)=C2c1ccc(/C=C2/CCN(CCC(F)F)C2)cc1. The third-order valence-corrected chi connectivity index (χ3v) is 7.77. The maximum atomic E-state index is 13.9. The van der Waals surface area contributed by atoms with Gasteiger partial charge in [0.15, 0.2) is 0 Å². The van der Waals surface area contributed by atoms with Crippen LogP contribution < -0.4 is 0 Å². The van der Waals surface area contributed by atoms with Gasteiger partial charge in [-0.05, 0) is 88.9 Å². The third-order valence-electron chi connectivity index (χ3n) is 7.46. The fourth-order valence-electron chi connectivity index (χ4n) is 5.57. The molecule has 3 nitrogen and oxygen atoms in total. The number of likely N-dealkylation sites (tertiary alicyclic amines) is 1. The van der Waals surface area contributed by atoms with Gasteiger partial charge in [0.25, 0.3) is 0 Å². The number of aryl methyl sites for hydroxylation is 1. The molecule has 1 saturated heterocycles. The number of carbonyl (C=O) groups is 1. The molecule has 0 aromatic heterocycles. The van der Waals surface area contributed by atoms with E-state index in [0.29, 0.717) is 31.0 Å². The van der Waals surface area contributed by atoms with Gasteiger partial charge in [0, 0.05) is 26.1 Å². The third kappa shape index (κ3) is 6.29. The van der Waals surface area contributed by atoms with Crippen LogP contribution in [0.4, 0.5) is 13.2 Å². The van der Waals surface area contributed by atoms with E-state index in [1.807, 2.05) is 30.3 Å². The Balaban J connectivity index is 1.53. The van der Waals surface area contributed by atoms with Crippen molar-refractivity contribution in [3.63, 3.8) is 0 Å². The lowest BCUT2D eigenvalue weighted by Crippen LogP contribution is -2.22. The molecule has 0 spiro atoms. The second-order valence-electron chi connectivity index (χ2n) is 10.1. The van der Waals surface area contributed by atoms with Gasteiger partial charge in [-0.2, -0.15) is 0 Å². The summed E-state index contributed by atoms with van der Waals surface area (Å²) in [5.74, 6) is -1.37. The van der Waals surface area contributed by atoms with Crippen LogP contribution in [0, 0.1) is 5.82 Å². The molecule has 39 heavy (non-hydrogen) atoms. The summed E-state index contributed by atoms with van der Waals surface area (Å²) >= 11 is 6.53. The van der Waals surface area contributed by atoms with Gasteiger partial charge >= 0.3 is 5.97 Å². The number of hydrogen-bond donors (Lipinski definition) is 1. The topological polar surface area (TPSA) is 40.5 Å². The second-order valence-corrected chi connectivity index (χ2v) is 10.5. The minimum absolute atomic E-state index is 0.104. The highest BCUT2D eigenvalue weighted by atomic mass is 35.5. The van der Waals surface area contributed by atoms with E-state index >= 15 is 0 Å². The first-order chi connectivity index (χ1) is 18.8. The van der Waals surface area contributed by atoms with Crippen LogP contribution in [0.5, 0.6) is 0 Å². The molecule has 2 aliphatic rings. The van der Waals surface area contributed by atoms with Crippen molar-refractivity contribution in [1.82, 2.24) is 4.90 Å². The van der Waals surface area contributed by atoms with E-state index in [1.54, 1.807) is 18.2 Å². The first-order valence-corrected chi connectivity index (χ1v) is 13.5. The molecule has 1 fully saturated rings. The zero-order chi connectivity index (χ0) is 27.5. The lowest BCUT2D eigenvalue weighted by molar-refractivity contribution is 0.0696. The first kappa shape index (κ1) is 27.2. The van der Waals surface area contributed by atoms with E-state index in [4.69, 9.17) is 11.6 Å².